The van der Waals surface area contributed by atoms with E-state index in [9.17, 15) is 72.4 Å². The van der Waals surface area contributed by atoms with Crippen LogP contribution in [0.2, 0.25) is 0 Å². The molecule has 9 saturated carbocycles. The van der Waals surface area contributed by atoms with E-state index >= 15 is 0 Å². The Bertz CT molecular complexity index is 3990. The minimum Gasteiger partial charge on any atom is -0.469 e. The van der Waals surface area contributed by atoms with Crippen LogP contribution in [0.4, 0.5) is 0 Å². The van der Waals surface area contributed by atoms with Crippen molar-refractivity contribution in [1.82, 2.24) is 0 Å². The van der Waals surface area contributed by atoms with Crippen LogP contribution in [0.25, 0.3) is 0 Å². The summed E-state index contributed by atoms with van der Waals surface area (Å²) in [4.78, 5) is 167. The third-order valence-electron chi connectivity index (χ3n) is 31.1. The lowest BCUT2D eigenvalue weighted by molar-refractivity contribution is -0.221. The van der Waals surface area contributed by atoms with Crippen LogP contribution >= 0.6 is 0 Å². The van der Waals surface area contributed by atoms with E-state index in [-0.39, 0.29) is 288 Å². The molecule has 19 rings (SSSR count). The first kappa shape index (κ1) is 124. The quantitative estimate of drug-likeness (QED) is 0.0521. The molecule has 0 aromatic heterocycles. The molecule has 19 fully saturated rings. The van der Waals surface area contributed by atoms with Gasteiger partial charge in [-0.3, -0.25) is 67.1 Å². The summed E-state index contributed by atoms with van der Waals surface area (Å²) in [6, 6.07) is 2.15. The predicted octanol–water partition coefficient (Wildman–Crippen LogP) is 18.4. The number of rotatable bonds is 23. The third kappa shape index (κ3) is 22.8. The van der Waals surface area contributed by atoms with E-state index in [0.29, 0.717) is 63.7 Å². The molecule has 10 aliphatic heterocycles. The van der Waals surface area contributed by atoms with Crippen LogP contribution < -0.4 is 0 Å². The average molecular weight is 1880 g/mol. The molecule has 14 bridgehead atoms. The van der Waals surface area contributed by atoms with E-state index in [1.807, 2.05) is 132 Å². The molecule has 10 heterocycles. The zero-order valence-corrected chi connectivity index (χ0v) is 73.5. The summed E-state index contributed by atoms with van der Waals surface area (Å²) in [6.07, 6.45) is 9.16. The highest BCUT2D eigenvalue weighted by Gasteiger charge is 2.74. The van der Waals surface area contributed by atoms with Gasteiger partial charge >= 0.3 is 83.6 Å². The van der Waals surface area contributed by atoms with Gasteiger partial charge in [-0.2, -0.15) is 5.26 Å². The Kier molecular flexibility index (Phi) is 43.5. The number of carbonyl (C=O) groups excluding carboxylic acids is 14. The van der Waals surface area contributed by atoms with Gasteiger partial charge in [-0.25, -0.2) is 0 Å². The molecule has 0 radical (unpaired) electrons. The maximum atomic E-state index is 12.4. The molecule has 0 aromatic rings. The van der Waals surface area contributed by atoms with Gasteiger partial charge in [-0.15, -0.1) is 0 Å². The minimum absolute atomic E-state index is 0. The monoisotopic (exact) mass is 1880 g/mol. The minimum atomic E-state index is -0.974. The Balaban J connectivity index is 0.00000154. The Labute approximate surface area is 791 Å². The molecular weight excluding hydrogens is 1700 g/mol. The molecule has 762 valence electrons. The lowest BCUT2D eigenvalue weighted by Crippen LogP contribution is -2.57. The summed E-state index contributed by atoms with van der Waals surface area (Å²) in [6.45, 7) is 36.1. The van der Waals surface area contributed by atoms with Crippen molar-refractivity contribution in [2.45, 2.75) is 428 Å². The van der Waals surface area contributed by atoms with Crippen LogP contribution in [0.15, 0.2) is 0 Å². The molecule has 0 aromatic carbocycles. The van der Waals surface area contributed by atoms with Crippen LogP contribution in [0.3, 0.4) is 0 Å². The lowest BCUT2D eigenvalue weighted by atomic mass is 9.74. The number of hydrogen-bond acceptors (Lipinski definition) is 30. The second-order valence-electron chi connectivity index (χ2n) is 40.7. The van der Waals surface area contributed by atoms with Gasteiger partial charge in [-0.05, 0) is 199 Å². The number of carbonyl (C=O) groups is 14. The van der Waals surface area contributed by atoms with E-state index in [1.54, 1.807) is 0 Å². The second kappa shape index (κ2) is 46.2. The fraction of sp³-hybridized carbons (Fsp3) is 0.853. The van der Waals surface area contributed by atoms with E-state index in [2.05, 4.69) is 6.07 Å². The molecule has 29 atom stereocenters. The van der Waals surface area contributed by atoms with E-state index in [0.717, 1.165) is 57.8 Å². The first-order chi connectivity index (χ1) is 56.2. The highest BCUT2D eigenvalue weighted by molar-refractivity contribution is 5.88. The van der Waals surface area contributed by atoms with E-state index < -0.39 is 97.8 Å². The van der Waals surface area contributed by atoms with Gasteiger partial charge in [0.25, 0.3) is 0 Å². The number of nitrogens with zero attached hydrogens (tertiary/aromatic N) is 1. The standard InChI is InChI=1S/C18H26O6.C16H22O6.C15H19NO4.C14H20O4.C14H22O4.C13H18O5.12CH4/c1-4-18(2,3)17(21)22-7-5-6-13(19)23-14-10-8-11-12(9-10)16(20)24-15(11)14;1-5-16(2,3)15(19)22-12-7-6-8-10(9(7)13(17)20-4)14(18)21-11(8)12;1-4-14(2,3)12(17)19-10-8-5-9-11(10)20-13(18)15(9,6-8)7-16;1-4-14(2,3)13(16)18-11-8-5-7-6-9(8)12(15)17-10(7)11;1-5-13(2,3)12(16)17-10-8-9-6-7-14(10,4)18-11(9)15;1-4-13(2,3)12(15)18-9-7-5-6-8(16-7)10(9)17-11(6)14;;;;;;;;;;;;/h10-12,14-15H,4-9H2,1-3H3;7-12H,5-6H2,1-4H3;8-11H,4-6H2,1-3H3;7-11H,4-6H2,1-3H3;9-10H,5-8H2,1-4H3;6-10H,4-5H2,1-3H3;12*1H4. The Hall–Kier alpha value is -7.97. The number of nitriles is 1. The van der Waals surface area contributed by atoms with Gasteiger partial charge < -0.3 is 71.1 Å². The van der Waals surface area contributed by atoms with Crippen molar-refractivity contribution >= 4 is 83.6 Å². The molecular formula is C102H175NO29. The molecule has 0 amide bonds. The number of esters is 14. The van der Waals surface area contributed by atoms with Gasteiger partial charge in [0, 0.05) is 60.2 Å². The smallest absolute Gasteiger partial charge is 0.327 e. The third-order valence-corrected chi connectivity index (χ3v) is 31.1. The van der Waals surface area contributed by atoms with Gasteiger partial charge in [0.1, 0.15) is 66.6 Å². The molecule has 19 aliphatic rings. The van der Waals surface area contributed by atoms with Crippen molar-refractivity contribution in [2.75, 3.05) is 13.7 Å². The van der Waals surface area contributed by atoms with Crippen molar-refractivity contribution in [3.05, 3.63) is 0 Å². The van der Waals surface area contributed by atoms with Crippen LogP contribution in [0.5, 0.6) is 0 Å². The Morgan fingerprint density at radius 1 is 0.417 bits per heavy atom. The van der Waals surface area contributed by atoms with Gasteiger partial charge in [0.05, 0.1) is 93.9 Å². The molecule has 0 spiro atoms. The first-order valence-corrected chi connectivity index (χ1v) is 44.0. The largest absolute Gasteiger partial charge is 0.469 e. The number of ether oxygens (including phenoxy) is 15. The van der Waals surface area contributed by atoms with Crippen LogP contribution in [-0.2, 0) is 138 Å². The molecule has 30 heteroatoms. The highest BCUT2D eigenvalue weighted by Crippen LogP contribution is 2.64. The Morgan fingerprint density at radius 3 is 1.34 bits per heavy atom. The second-order valence-corrected chi connectivity index (χ2v) is 40.7. The molecule has 0 N–H and O–H groups in total. The van der Waals surface area contributed by atoms with Crippen molar-refractivity contribution in [3.63, 3.8) is 0 Å². The van der Waals surface area contributed by atoms with E-state index in [1.165, 1.54) is 7.11 Å². The number of methoxy groups -OCH3 is 1. The molecule has 9 aliphatic carbocycles. The summed E-state index contributed by atoms with van der Waals surface area (Å²) in [5, 5.41) is 9.31. The van der Waals surface area contributed by atoms with Crippen LogP contribution in [0, 0.1) is 132 Å². The SMILES string of the molecule is C.C.C.C.C.C.C.C.C.C.C.C.CCC(C)(C)C(=O)OC1C2CC3C(=O)OC1C3O2.CCC(C)(C)C(=O)OC1C2CC3C1OC(=O)C3(C#N)C2.CCC(C)(C)C(=O)OC1C2CC3C1OC(=O)C3C2C(=O)OC.CCC(C)(C)C(=O)OC1C2CC3CC2C(=O)OC31.CCC(C)(C)C(=O)OC1CC2CCC1(C)OC2=O.CCC(C)(C)C(=O)OCCCC(=O)OC1C2CC3C(=O)OC1C3C2. The summed E-state index contributed by atoms with van der Waals surface area (Å²) < 4.78 is 81.6. The van der Waals surface area contributed by atoms with Crippen molar-refractivity contribution < 1.29 is 138 Å². The summed E-state index contributed by atoms with van der Waals surface area (Å²) in [5.74, 6) is -3.81. The van der Waals surface area contributed by atoms with Crippen molar-refractivity contribution in [3.8, 4) is 6.07 Å². The topological polar surface area (TPSA) is 401 Å². The van der Waals surface area contributed by atoms with Gasteiger partial charge in [0.2, 0.25) is 0 Å². The molecule has 132 heavy (non-hydrogen) atoms. The zero-order valence-electron chi connectivity index (χ0n) is 73.5. The summed E-state index contributed by atoms with van der Waals surface area (Å²) in [5.41, 5.74) is -4.65. The zero-order chi connectivity index (χ0) is 88.1. The molecule has 29 unspecified atom stereocenters. The summed E-state index contributed by atoms with van der Waals surface area (Å²) >= 11 is 0. The number of fused-ring (bicyclic) bond motifs is 8. The van der Waals surface area contributed by atoms with Crippen LogP contribution in [0.1, 0.15) is 343 Å². The fourth-order valence-corrected chi connectivity index (χ4v) is 20.5. The predicted molar refractivity (Wildman–Crippen MR) is 497 cm³/mol. The maximum Gasteiger partial charge on any atom is 0.327 e. The summed E-state index contributed by atoms with van der Waals surface area (Å²) in [7, 11) is 1.31. The van der Waals surface area contributed by atoms with E-state index in [4.69, 9.17) is 71.1 Å². The fourth-order valence-electron chi connectivity index (χ4n) is 20.5. The van der Waals surface area contributed by atoms with Crippen LogP contribution in [-0.4, -0.2) is 182 Å². The lowest BCUT2D eigenvalue weighted by Gasteiger charge is -2.48. The Morgan fingerprint density at radius 2 is 0.848 bits per heavy atom. The number of hydrogen-bond donors (Lipinski definition) is 0. The van der Waals surface area contributed by atoms with Gasteiger partial charge in [0.15, 0.2) is 17.6 Å². The van der Waals surface area contributed by atoms with Crippen molar-refractivity contribution in [1.29, 1.82) is 5.26 Å². The average Bonchev–Trinajstić information content (AvgIpc) is 1.44. The molecule has 10 saturated heterocycles. The maximum absolute atomic E-state index is 12.4. The van der Waals surface area contributed by atoms with Crippen molar-refractivity contribution in [2.24, 2.45) is 121 Å². The normalized spacial score (nSPS) is 34.8. The molecule has 30 nitrogen and oxygen atoms in total. The highest BCUT2D eigenvalue weighted by atomic mass is 16.7. The van der Waals surface area contributed by atoms with Gasteiger partial charge in [-0.1, -0.05) is 131 Å². The first-order valence-electron chi connectivity index (χ1n) is 44.0.